The zero-order valence-electron chi connectivity index (χ0n) is 24.2. The van der Waals surface area contributed by atoms with Crippen LogP contribution in [-0.4, -0.2) is 69.5 Å². The highest BCUT2D eigenvalue weighted by atomic mass is 35.5. The molecule has 2 aliphatic rings. The van der Waals surface area contributed by atoms with Crippen molar-refractivity contribution < 1.29 is 19.1 Å². The average Bonchev–Trinajstić information content (AvgIpc) is 3.86. The number of amides is 1. The molecule has 0 radical (unpaired) electrons. The van der Waals surface area contributed by atoms with Gasteiger partial charge < -0.3 is 25.0 Å². The predicted molar refractivity (Wildman–Crippen MR) is 167 cm³/mol. The molecule has 4 heterocycles. The van der Waals surface area contributed by atoms with Crippen molar-refractivity contribution in [3.05, 3.63) is 81.6 Å². The highest BCUT2D eigenvalue weighted by molar-refractivity contribution is 6.34. The second-order valence-electron chi connectivity index (χ2n) is 11.0. The number of halogens is 2. The predicted octanol–water partition coefficient (Wildman–Crippen LogP) is 4.58. The number of rotatable bonds is 7. The quantitative estimate of drug-likeness (QED) is 0.229. The summed E-state index contributed by atoms with van der Waals surface area (Å²) in [5.41, 5.74) is 2.11. The van der Waals surface area contributed by atoms with Gasteiger partial charge in [0.25, 0.3) is 5.56 Å². The molecule has 226 valence electrons. The molecule has 6 rings (SSSR count). The van der Waals surface area contributed by atoms with Gasteiger partial charge in [0.1, 0.15) is 29.6 Å². The van der Waals surface area contributed by atoms with E-state index in [0.29, 0.717) is 16.8 Å². The fourth-order valence-corrected chi connectivity index (χ4v) is 6.22. The van der Waals surface area contributed by atoms with Gasteiger partial charge >= 0.3 is 0 Å². The molecule has 2 N–H and O–H groups in total. The number of phenolic OH excluding ortho intramolecular Hbond substituents is 1. The number of pyridine rings is 3. The van der Waals surface area contributed by atoms with Gasteiger partial charge in [-0.15, -0.1) is 0 Å². The molecule has 0 spiro atoms. The number of carbonyl (C=O) groups is 2. The first-order valence-electron chi connectivity index (χ1n) is 14.2. The van der Waals surface area contributed by atoms with E-state index in [1.807, 2.05) is 13.0 Å². The number of hydrogen-bond donors (Lipinski definition) is 2. The summed E-state index contributed by atoms with van der Waals surface area (Å²) in [7, 11) is 1.61. The number of aromatic nitrogens is 3. The van der Waals surface area contributed by atoms with Gasteiger partial charge in [-0.3, -0.25) is 19.1 Å². The Morgan fingerprint density at radius 1 is 1.23 bits per heavy atom. The third-order valence-corrected chi connectivity index (χ3v) is 8.53. The van der Waals surface area contributed by atoms with Crippen LogP contribution in [0.3, 0.4) is 0 Å². The summed E-state index contributed by atoms with van der Waals surface area (Å²) in [6.45, 7) is 6.01. The lowest BCUT2D eigenvalue weighted by Gasteiger charge is -2.41. The summed E-state index contributed by atoms with van der Waals surface area (Å²) < 4.78 is 16.6. The SMILES string of the molecule is C=CC(=O)N1CCN(c2c(NC)c(=O)n(-c3c(C)ccnc3C3CC3)c3nc(-c4c(O)cccc4F)c(Cl)cc23)[C@@H](C=O)C1. The number of carbonyl (C=O) groups excluding carboxylic acids is 2. The van der Waals surface area contributed by atoms with Crippen molar-refractivity contribution in [2.24, 2.45) is 0 Å². The Balaban J connectivity index is 1.71. The van der Waals surface area contributed by atoms with Crippen LogP contribution in [-0.2, 0) is 9.59 Å². The van der Waals surface area contributed by atoms with E-state index in [2.05, 4.69) is 16.9 Å². The van der Waals surface area contributed by atoms with Gasteiger partial charge in [-0.1, -0.05) is 24.2 Å². The van der Waals surface area contributed by atoms with Gasteiger partial charge in [-0.05, 0) is 55.7 Å². The summed E-state index contributed by atoms with van der Waals surface area (Å²) in [6, 6.07) is 6.48. The molecule has 1 amide bonds. The van der Waals surface area contributed by atoms with Crippen molar-refractivity contribution in [2.75, 3.05) is 36.9 Å². The molecule has 2 fully saturated rings. The normalized spacial score (nSPS) is 16.7. The molecule has 3 aromatic heterocycles. The van der Waals surface area contributed by atoms with Gasteiger partial charge in [-0.2, -0.15) is 0 Å². The van der Waals surface area contributed by atoms with Crippen molar-refractivity contribution in [3.63, 3.8) is 0 Å². The summed E-state index contributed by atoms with van der Waals surface area (Å²) in [6.07, 6.45) is 5.49. The van der Waals surface area contributed by atoms with Gasteiger partial charge in [0.15, 0.2) is 5.65 Å². The number of anilines is 2. The summed E-state index contributed by atoms with van der Waals surface area (Å²) in [4.78, 5) is 52.1. The zero-order valence-corrected chi connectivity index (χ0v) is 24.9. The van der Waals surface area contributed by atoms with Gasteiger partial charge in [-0.25, -0.2) is 9.37 Å². The maximum atomic E-state index is 15.1. The van der Waals surface area contributed by atoms with E-state index in [1.165, 1.54) is 33.7 Å². The number of aldehydes is 1. The Hall–Kier alpha value is -4.77. The van der Waals surface area contributed by atoms with E-state index < -0.39 is 17.4 Å². The first-order chi connectivity index (χ1) is 21.2. The molecule has 1 saturated heterocycles. The average molecular weight is 617 g/mol. The van der Waals surface area contributed by atoms with Gasteiger partial charge in [0, 0.05) is 44.2 Å². The number of nitrogens with zero attached hydrogens (tertiary/aromatic N) is 5. The van der Waals surface area contributed by atoms with Crippen LogP contribution in [0.15, 0.2) is 54.0 Å². The number of aromatic hydroxyl groups is 1. The Morgan fingerprint density at radius 3 is 2.66 bits per heavy atom. The number of benzene rings is 1. The maximum absolute atomic E-state index is 15.1. The van der Waals surface area contributed by atoms with E-state index >= 15 is 4.39 Å². The molecule has 10 nitrogen and oxygen atoms in total. The Labute approximate surface area is 257 Å². The highest BCUT2D eigenvalue weighted by Gasteiger charge is 2.35. The van der Waals surface area contributed by atoms with Crippen LogP contribution >= 0.6 is 11.6 Å². The molecule has 1 aromatic carbocycles. The number of piperazine rings is 1. The smallest absolute Gasteiger partial charge is 0.282 e. The van der Waals surface area contributed by atoms with Crippen LogP contribution in [0, 0.1) is 12.7 Å². The first kappa shape index (κ1) is 29.3. The van der Waals surface area contributed by atoms with Crippen LogP contribution in [0.25, 0.3) is 28.0 Å². The molecule has 0 unspecified atom stereocenters. The molecule has 1 aliphatic heterocycles. The minimum Gasteiger partial charge on any atom is -0.507 e. The molecule has 1 saturated carbocycles. The first-order valence-corrected chi connectivity index (χ1v) is 14.6. The molecular formula is C32H30ClFN6O4. The largest absolute Gasteiger partial charge is 0.507 e. The van der Waals surface area contributed by atoms with E-state index in [0.717, 1.165) is 30.4 Å². The number of phenols is 1. The Bertz CT molecular complexity index is 1890. The zero-order chi connectivity index (χ0) is 31.3. The lowest BCUT2D eigenvalue weighted by Crippen LogP contribution is -2.55. The Kier molecular flexibility index (Phi) is 7.58. The third kappa shape index (κ3) is 4.77. The minimum absolute atomic E-state index is 0.0276. The van der Waals surface area contributed by atoms with Crippen LogP contribution in [0.4, 0.5) is 15.8 Å². The molecule has 12 heteroatoms. The van der Waals surface area contributed by atoms with Gasteiger partial charge in [0.05, 0.1) is 33.3 Å². The van der Waals surface area contributed by atoms with Crippen molar-refractivity contribution >= 4 is 46.2 Å². The maximum Gasteiger partial charge on any atom is 0.282 e. The van der Waals surface area contributed by atoms with E-state index in [1.54, 1.807) is 24.2 Å². The highest BCUT2D eigenvalue weighted by Crippen LogP contribution is 2.45. The van der Waals surface area contributed by atoms with Crippen molar-refractivity contribution in [1.82, 2.24) is 19.4 Å². The second kappa shape index (κ2) is 11.4. The molecular weight excluding hydrogens is 587 g/mol. The third-order valence-electron chi connectivity index (χ3n) is 8.25. The molecule has 44 heavy (non-hydrogen) atoms. The van der Waals surface area contributed by atoms with Crippen LogP contribution in [0.2, 0.25) is 5.02 Å². The number of hydrogen-bond acceptors (Lipinski definition) is 8. The minimum atomic E-state index is -0.797. The van der Waals surface area contributed by atoms with E-state index in [-0.39, 0.29) is 64.8 Å². The molecule has 0 bridgehead atoms. The lowest BCUT2D eigenvalue weighted by molar-refractivity contribution is -0.127. The van der Waals surface area contributed by atoms with E-state index in [9.17, 15) is 19.5 Å². The van der Waals surface area contributed by atoms with Crippen LogP contribution < -0.4 is 15.8 Å². The lowest BCUT2D eigenvalue weighted by atomic mass is 10.0. The van der Waals surface area contributed by atoms with Crippen molar-refractivity contribution in [1.29, 1.82) is 0 Å². The topological polar surface area (TPSA) is 121 Å². The fraction of sp³-hybridized carbons (Fsp3) is 0.281. The summed E-state index contributed by atoms with van der Waals surface area (Å²) in [5, 5.41) is 14.1. The van der Waals surface area contributed by atoms with E-state index in [4.69, 9.17) is 16.6 Å². The van der Waals surface area contributed by atoms with Crippen LogP contribution in [0.5, 0.6) is 5.75 Å². The monoisotopic (exact) mass is 616 g/mol. The fourth-order valence-electron chi connectivity index (χ4n) is 5.97. The molecule has 4 aromatic rings. The van der Waals surface area contributed by atoms with Crippen molar-refractivity contribution in [3.8, 4) is 22.7 Å². The van der Waals surface area contributed by atoms with Crippen LogP contribution in [0.1, 0.15) is 30.0 Å². The standard InChI is InChI=1S/C32H30ClFN6O4/c1-4-24(43)38-12-13-39(19(15-38)16-41)30-20-14-21(33)27(25-22(34)6-5-7-23(25)42)37-31(20)40(32(44)28(30)35-3)29-17(2)10-11-36-26(29)18-8-9-18/h4-7,10-11,14,16,18-19,35,42H,1,8-9,12-13,15H2,2-3H3/t19-/m1/s1. The number of fused-ring (bicyclic) bond motifs is 1. The van der Waals surface area contributed by atoms with Crippen molar-refractivity contribution in [2.45, 2.75) is 31.7 Å². The molecule has 1 atom stereocenters. The molecule has 1 aliphatic carbocycles. The number of aryl methyl sites for hydroxylation is 1. The second-order valence-corrected chi connectivity index (χ2v) is 11.4. The summed E-state index contributed by atoms with van der Waals surface area (Å²) >= 11 is 6.79. The summed E-state index contributed by atoms with van der Waals surface area (Å²) in [5.74, 6) is -1.23. The number of nitrogens with one attached hydrogen (secondary N) is 1. The Morgan fingerprint density at radius 2 is 2.00 bits per heavy atom. The van der Waals surface area contributed by atoms with Gasteiger partial charge in [0.2, 0.25) is 5.91 Å².